The quantitative estimate of drug-likeness (QED) is 0.339. The Morgan fingerprint density at radius 1 is 1.21 bits per heavy atom. The minimum atomic E-state index is 0.258. The SMILES string of the molecule is C[N+]1(C)C2CCC1(Br)CC(C=C(c1ccccc1)c1cccs1)C2. The third-order valence-electron chi connectivity index (χ3n) is 6.23. The van der Waals surface area contributed by atoms with Gasteiger partial charge in [0, 0.05) is 30.6 Å². The predicted octanol–water partition coefficient (Wildman–Crippen LogP) is 5.92. The number of hydrogen-bond donors (Lipinski definition) is 0. The molecule has 3 heteroatoms. The van der Waals surface area contributed by atoms with Gasteiger partial charge in [0.2, 0.25) is 0 Å². The van der Waals surface area contributed by atoms with Gasteiger partial charge in [-0.1, -0.05) is 42.5 Å². The van der Waals surface area contributed by atoms with Gasteiger partial charge in [-0.3, -0.25) is 0 Å². The molecule has 2 fully saturated rings. The molecule has 2 aromatic rings. The number of allylic oxidation sites excluding steroid dienone is 1. The lowest BCUT2D eigenvalue weighted by molar-refractivity contribution is -0.939. The van der Waals surface area contributed by atoms with Crippen LogP contribution < -0.4 is 0 Å². The van der Waals surface area contributed by atoms with Crippen molar-refractivity contribution >= 4 is 32.8 Å². The van der Waals surface area contributed by atoms with Crippen LogP contribution in [0.4, 0.5) is 0 Å². The molecule has 24 heavy (non-hydrogen) atoms. The highest BCUT2D eigenvalue weighted by Crippen LogP contribution is 2.54. The van der Waals surface area contributed by atoms with Gasteiger partial charge in [-0.15, -0.1) is 11.3 Å². The lowest BCUT2D eigenvalue weighted by Gasteiger charge is -2.49. The molecule has 2 bridgehead atoms. The number of fused-ring (bicyclic) bond motifs is 2. The number of nitrogens with zero attached hydrogens (tertiary/aromatic N) is 1. The zero-order valence-corrected chi connectivity index (χ0v) is 16.8. The fourth-order valence-corrected chi connectivity index (χ4v) is 6.32. The number of quaternary nitrogens is 1. The van der Waals surface area contributed by atoms with Gasteiger partial charge in [0.25, 0.3) is 0 Å². The number of benzene rings is 1. The maximum atomic E-state index is 4.14. The van der Waals surface area contributed by atoms with Crippen molar-refractivity contribution in [3.63, 3.8) is 0 Å². The first-order valence-corrected chi connectivity index (χ1v) is 10.5. The second-order valence-corrected chi connectivity index (χ2v) is 10.2. The highest BCUT2D eigenvalue weighted by molar-refractivity contribution is 9.10. The Labute approximate surface area is 157 Å². The number of piperidine rings is 1. The number of thiophene rings is 1. The van der Waals surface area contributed by atoms with E-state index in [1.54, 1.807) is 0 Å². The van der Waals surface area contributed by atoms with Crippen LogP contribution in [0.1, 0.15) is 36.1 Å². The van der Waals surface area contributed by atoms with Crippen molar-refractivity contribution in [1.82, 2.24) is 0 Å². The highest BCUT2D eigenvalue weighted by atomic mass is 79.9. The van der Waals surface area contributed by atoms with E-state index in [1.807, 2.05) is 11.3 Å². The zero-order valence-electron chi connectivity index (χ0n) is 14.4. The summed E-state index contributed by atoms with van der Waals surface area (Å²) in [5.41, 5.74) is 2.76. The first-order chi connectivity index (χ1) is 11.5. The molecule has 0 N–H and O–H groups in total. The molecule has 0 saturated carbocycles. The van der Waals surface area contributed by atoms with Crippen molar-refractivity contribution in [3.8, 4) is 0 Å². The van der Waals surface area contributed by atoms with Gasteiger partial charge in [-0.25, -0.2) is 0 Å². The highest BCUT2D eigenvalue weighted by Gasteiger charge is 2.58. The maximum Gasteiger partial charge on any atom is 0.154 e. The summed E-state index contributed by atoms with van der Waals surface area (Å²) in [4.78, 5) is 1.39. The fraction of sp³-hybridized carbons (Fsp3) is 0.429. The van der Waals surface area contributed by atoms with Crippen molar-refractivity contribution in [3.05, 3.63) is 64.4 Å². The van der Waals surface area contributed by atoms with E-state index in [0.29, 0.717) is 5.92 Å². The Morgan fingerprint density at radius 2 is 2.00 bits per heavy atom. The molecule has 4 rings (SSSR count). The average Bonchev–Trinajstić information content (AvgIpc) is 3.11. The van der Waals surface area contributed by atoms with Crippen LogP contribution in [0.3, 0.4) is 0 Å². The van der Waals surface area contributed by atoms with E-state index in [9.17, 15) is 0 Å². The summed E-state index contributed by atoms with van der Waals surface area (Å²) in [5.74, 6) is 0.653. The van der Waals surface area contributed by atoms with Crippen LogP contribution in [-0.4, -0.2) is 29.1 Å². The molecule has 1 aromatic carbocycles. The predicted molar refractivity (Wildman–Crippen MR) is 107 cm³/mol. The number of rotatable bonds is 3. The lowest BCUT2D eigenvalue weighted by atomic mass is 9.86. The summed E-state index contributed by atoms with van der Waals surface area (Å²) in [6, 6.07) is 16.1. The monoisotopic (exact) mass is 402 g/mol. The van der Waals surface area contributed by atoms with Gasteiger partial charge in [-0.2, -0.15) is 0 Å². The lowest BCUT2D eigenvalue weighted by Crippen LogP contribution is -2.59. The summed E-state index contributed by atoms with van der Waals surface area (Å²) >= 11 is 5.99. The molecule has 3 atom stereocenters. The molecule has 3 unspecified atom stereocenters. The van der Waals surface area contributed by atoms with Gasteiger partial charge in [0.1, 0.15) is 0 Å². The van der Waals surface area contributed by atoms with Gasteiger partial charge < -0.3 is 4.48 Å². The average molecular weight is 403 g/mol. The normalized spacial score (nSPS) is 32.0. The fourth-order valence-electron chi connectivity index (χ4n) is 4.61. The summed E-state index contributed by atoms with van der Waals surface area (Å²) in [5, 5.41) is 2.18. The van der Waals surface area contributed by atoms with E-state index in [0.717, 1.165) is 10.5 Å². The van der Waals surface area contributed by atoms with E-state index in [4.69, 9.17) is 0 Å². The summed E-state index contributed by atoms with van der Waals surface area (Å²) in [7, 11) is 4.81. The van der Waals surface area contributed by atoms with E-state index in [-0.39, 0.29) is 4.45 Å². The Bertz CT molecular complexity index is 734. The van der Waals surface area contributed by atoms with Crippen LogP contribution in [0.5, 0.6) is 0 Å². The summed E-state index contributed by atoms with van der Waals surface area (Å²) < 4.78 is 1.39. The van der Waals surface area contributed by atoms with E-state index < -0.39 is 0 Å². The van der Waals surface area contributed by atoms with Crippen molar-refractivity contribution in [2.24, 2.45) is 5.92 Å². The van der Waals surface area contributed by atoms with E-state index in [1.165, 1.54) is 41.7 Å². The standard InChI is InChI=1S/C21H25BrNS/c1-23(2)18-10-11-21(23,22)15-16(13-18)14-19(20-9-6-12-24-20)17-7-4-3-5-8-17/h3-9,12,14,16,18H,10-11,13,15H2,1-2H3/q+1. The van der Waals surface area contributed by atoms with Crippen LogP contribution in [0.15, 0.2) is 53.9 Å². The second kappa shape index (κ2) is 6.12. The van der Waals surface area contributed by atoms with Gasteiger partial charge in [0.05, 0.1) is 20.1 Å². The molecule has 0 spiro atoms. The summed E-state index contributed by atoms with van der Waals surface area (Å²) in [6.07, 6.45) is 7.76. The van der Waals surface area contributed by atoms with Crippen LogP contribution in [0.25, 0.3) is 5.57 Å². The molecule has 1 aromatic heterocycles. The Balaban J connectivity index is 1.70. The summed E-state index contributed by atoms with van der Waals surface area (Å²) in [6.45, 7) is 0. The molecule has 0 radical (unpaired) electrons. The smallest absolute Gasteiger partial charge is 0.154 e. The second-order valence-electron chi connectivity index (χ2n) is 7.77. The van der Waals surface area contributed by atoms with Gasteiger partial charge >= 0.3 is 0 Å². The number of halogens is 1. The zero-order chi connectivity index (χ0) is 16.8. The van der Waals surface area contributed by atoms with Crippen molar-refractivity contribution in [2.75, 3.05) is 14.1 Å². The molecule has 2 aliphatic heterocycles. The molecule has 2 saturated heterocycles. The Kier molecular flexibility index (Phi) is 4.22. The molecular formula is C21H25BrNS+. The van der Waals surface area contributed by atoms with Crippen LogP contribution in [-0.2, 0) is 0 Å². The third-order valence-corrected chi connectivity index (χ3v) is 8.77. The third kappa shape index (κ3) is 2.71. The number of hydrogen-bond acceptors (Lipinski definition) is 1. The van der Waals surface area contributed by atoms with Crippen LogP contribution in [0, 0.1) is 5.92 Å². The molecular weight excluding hydrogens is 378 g/mol. The van der Waals surface area contributed by atoms with Crippen molar-refractivity contribution in [2.45, 2.75) is 36.2 Å². The molecule has 3 heterocycles. The van der Waals surface area contributed by atoms with Crippen LogP contribution >= 0.6 is 27.3 Å². The first kappa shape index (κ1) is 16.6. The van der Waals surface area contributed by atoms with E-state index >= 15 is 0 Å². The topological polar surface area (TPSA) is 0 Å². The number of alkyl halides is 1. The van der Waals surface area contributed by atoms with E-state index in [2.05, 4.69) is 83.9 Å². The first-order valence-electron chi connectivity index (χ1n) is 8.83. The van der Waals surface area contributed by atoms with Crippen molar-refractivity contribution < 1.29 is 4.48 Å². The Hall–Kier alpha value is -0.900. The minimum Gasteiger partial charge on any atom is -0.312 e. The molecule has 126 valence electrons. The van der Waals surface area contributed by atoms with Crippen LogP contribution in [0.2, 0.25) is 0 Å². The maximum absolute atomic E-state index is 4.14. The largest absolute Gasteiger partial charge is 0.312 e. The van der Waals surface area contributed by atoms with Crippen molar-refractivity contribution in [1.29, 1.82) is 0 Å². The molecule has 2 aliphatic rings. The van der Waals surface area contributed by atoms with Gasteiger partial charge in [0.15, 0.2) is 4.45 Å². The van der Waals surface area contributed by atoms with Gasteiger partial charge in [-0.05, 0) is 44.4 Å². The molecule has 1 nitrogen and oxygen atoms in total. The minimum absolute atomic E-state index is 0.258. The molecule has 0 aliphatic carbocycles. The Morgan fingerprint density at radius 3 is 2.67 bits per heavy atom. The molecule has 0 amide bonds.